The molecule has 0 aromatic carbocycles. The summed E-state index contributed by atoms with van der Waals surface area (Å²) in [5.41, 5.74) is 0. The highest BCUT2D eigenvalue weighted by Gasteiger charge is 2.17. The molecule has 0 spiro atoms. The van der Waals surface area contributed by atoms with Crippen LogP contribution in [0.2, 0.25) is 0 Å². The van der Waals surface area contributed by atoms with Gasteiger partial charge in [-0.25, -0.2) is 0 Å². The minimum Gasteiger partial charge on any atom is -0.481 e. The van der Waals surface area contributed by atoms with Gasteiger partial charge in [-0.05, 0) is 37.0 Å². The molecule has 4 unspecified atom stereocenters. The molecule has 338 valence electrons. The Morgan fingerprint density at radius 3 is 1.02 bits per heavy atom. The maximum atomic E-state index is 10.4. The van der Waals surface area contributed by atoms with Crippen LogP contribution in [0.1, 0.15) is 296 Å². The lowest BCUT2D eigenvalue weighted by Gasteiger charge is -2.25. The molecule has 0 aromatic heterocycles. The fraction of sp³-hybridized carbons (Fsp3) is 0.961. The first kappa shape index (κ1) is 65.8. The van der Waals surface area contributed by atoms with E-state index >= 15 is 0 Å². The zero-order valence-electron chi connectivity index (χ0n) is 39.6. The summed E-state index contributed by atoms with van der Waals surface area (Å²) in [6, 6.07) is 0. The van der Waals surface area contributed by atoms with E-state index in [9.17, 15) is 9.59 Å². The fourth-order valence-corrected chi connectivity index (χ4v) is 6.89. The molecule has 0 aliphatic heterocycles. The second kappa shape index (κ2) is 59.6. The van der Waals surface area contributed by atoms with Crippen molar-refractivity contribution < 1.29 is 19.8 Å². The first-order valence-electron chi connectivity index (χ1n) is 24.5. The van der Waals surface area contributed by atoms with E-state index in [0.717, 1.165) is 62.7 Å². The molecular weight excluding hydrogens is 677 g/mol. The SMILES string of the molecule is C.CCCCC(CC)C(=O)O.CCCCC(CC)C(CC)CCCC.CCCCCC(=O)O.CCCCCC(CC)CCCC.CCCCCCCCCC. The van der Waals surface area contributed by atoms with Crippen molar-refractivity contribution in [3.8, 4) is 0 Å². The lowest BCUT2D eigenvalue weighted by molar-refractivity contribution is -0.142. The smallest absolute Gasteiger partial charge is 0.306 e. The van der Waals surface area contributed by atoms with Crippen molar-refractivity contribution >= 4 is 11.9 Å². The molecular formula is C51H110O4. The van der Waals surface area contributed by atoms with Crippen LogP contribution in [-0.2, 0) is 9.59 Å². The van der Waals surface area contributed by atoms with E-state index < -0.39 is 11.9 Å². The van der Waals surface area contributed by atoms with Crippen molar-refractivity contribution in [2.75, 3.05) is 0 Å². The van der Waals surface area contributed by atoms with Gasteiger partial charge in [0.2, 0.25) is 0 Å². The number of hydrogen-bond donors (Lipinski definition) is 2. The van der Waals surface area contributed by atoms with Crippen LogP contribution in [0.15, 0.2) is 0 Å². The van der Waals surface area contributed by atoms with Crippen LogP contribution in [0.5, 0.6) is 0 Å². The maximum Gasteiger partial charge on any atom is 0.306 e. The van der Waals surface area contributed by atoms with E-state index in [1.54, 1.807) is 0 Å². The molecule has 0 radical (unpaired) electrons. The van der Waals surface area contributed by atoms with E-state index in [4.69, 9.17) is 10.2 Å². The van der Waals surface area contributed by atoms with Crippen LogP contribution < -0.4 is 0 Å². The number of aliphatic carboxylic acids is 2. The lowest BCUT2D eigenvalue weighted by atomic mass is 9.81. The Bertz CT molecular complexity index is 641. The molecule has 0 aliphatic rings. The Labute approximate surface area is 350 Å². The zero-order chi connectivity index (χ0) is 42.1. The van der Waals surface area contributed by atoms with Crippen LogP contribution in [0.4, 0.5) is 0 Å². The van der Waals surface area contributed by atoms with Crippen molar-refractivity contribution in [2.45, 2.75) is 296 Å². The zero-order valence-corrected chi connectivity index (χ0v) is 39.6. The minimum atomic E-state index is -0.682. The highest BCUT2D eigenvalue weighted by molar-refractivity contribution is 5.69. The van der Waals surface area contributed by atoms with Crippen molar-refractivity contribution in [3.63, 3.8) is 0 Å². The van der Waals surface area contributed by atoms with Crippen LogP contribution >= 0.6 is 0 Å². The predicted molar refractivity (Wildman–Crippen MR) is 252 cm³/mol. The first-order chi connectivity index (χ1) is 26.0. The van der Waals surface area contributed by atoms with Crippen molar-refractivity contribution in [1.82, 2.24) is 0 Å². The average Bonchev–Trinajstić information content (AvgIpc) is 3.17. The molecule has 0 saturated heterocycles. The highest BCUT2D eigenvalue weighted by atomic mass is 16.4. The summed E-state index contributed by atoms with van der Waals surface area (Å²) >= 11 is 0. The van der Waals surface area contributed by atoms with Gasteiger partial charge in [-0.2, -0.15) is 0 Å². The highest BCUT2D eigenvalue weighted by Crippen LogP contribution is 2.29. The van der Waals surface area contributed by atoms with Crippen molar-refractivity contribution in [3.05, 3.63) is 0 Å². The van der Waals surface area contributed by atoms with Crippen molar-refractivity contribution in [1.29, 1.82) is 0 Å². The molecule has 0 amide bonds. The summed E-state index contributed by atoms with van der Waals surface area (Å²) in [4.78, 5) is 20.3. The molecule has 55 heavy (non-hydrogen) atoms. The molecule has 0 aromatic rings. The number of hydrogen-bond acceptors (Lipinski definition) is 2. The van der Waals surface area contributed by atoms with E-state index in [-0.39, 0.29) is 13.3 Å². The molecule has 0 fully saturated rings. The van der Waals surface area contributed by atoms with E-state index in [2.05, 4.69) is 76.2 Å². The Hall–Kier alpha value is -1.06. The molecule has 4 heteroatoms. The van der Waals surface area contributed by atoms with Crippen molar-refractivity contribution in [2.24, 2.45) is 23.7 Å². The van der Waals surface area contributed by atoms with Gasteiger partial charge in [-0.15, -0.1) is 0 Å². The van der Waals surface area contributed by atoms with Gasteiger partial charge in [-0.3, -0.25) is 9.59 Å². The maximum absolute atomic E-state index is 10.4. The average molecular weight is 787 g/mol. The molecule has 4 atom stereocenters. The van der Waals surface area contributed by atoms with E-state index in [0.29, 0.717) is 6.42 Å². The van der Waals surface area contributed by atoms with Crippen LogP contribution in [0.3, 0.4) is 0 Å². The minimum absolute atomic E-state index is 0. The second-order valence-electron chi connectivity index (χ2n) is 16.1. The van der Waals surface area contributed by atoms with Gasteiger partial charge in [0.05, 0.1) is 5.92 Å². The summed E-state index contributed by atoms with van der Waals surface area (Å²) in [7, 11) is 0. The summed E-state index contributed by atoms with van der Waals surface area (Å²) in [6.45, 7) is 26.9. The van der Waals surface area contributed by atoms with Gasteiger partial charge in [0.15, 0.2) is 0 Å². The molecule has 0 heterocycles. The number of unbranched alkanes of at least 4 members (excludes halogenated alkanes) is 15. The number of carboxylic acid groups (broad SMARTS) is 2. The number of rotatable bonds is 33. The lowest BCUT2D eigenvalue weighted by Crippen LogP contribution is -2.13. The third-order valence-electron chi connectivity index (χ3n) is 11.0. The predicted octanol–water partition coefficient (Wildman–Crippen LogP) is 18.9. The summed E-state index contributed by atoms with van der Waals surface area (Å²) in [5.74, 6) is 1.60. The second-order valence-corrected chi connectivity index (χ2v) is 16.1. The normalized spacial score (nSPS) is 12.4. The van der Waals surface area contributed by atoms with Crippen LogP contribution in [0.25, 0.3) is 0 Å². The summed E-state index contributed by atoms with van der Waals surface area (Å²) in [6.07, 6.45) is 41.2. The van der Waals surface area contributed by atoms with Gasteiger partial charge < -0.3 is 10.2 Å². The largest absolute Gasteiger partial charge is 0.481 e. The van der Waals surface area contributed by atoms with Gasteiger partial charge in [0, 0.05) is 6.42 Å². The Kier molecular flexibility index (Phi) is 71.3. The number of carbonyl (C=O) groups is 2. The number of carboxylic acids is 2. The third kappa shape index (κ3) is 59.8. The summed E-state index contributed by atoms with van der Waals surface area (Å²) < 4.78 is 0. The first-order valence-corrected chi connectivity index (χ1v) is 24.5. The standard InChI is InChI=1S/C14H30.C12H26.C10H22.C8H16O2.C6H12O2.CH4/c1-5-9-11-13(7-3)14(8-4)12-10-6-2;1-4-7-9-11-12(6-3)10-8-5-2;1-3-5-7-9-10-8-6-4-2;1-3-5-6-7(4-2)8(9)10;1-2-3-4-5-6(7)8;/h13-14H,5-12H2,1-4H3;12H,4-11H2,1-3H3;3-10H2,1-2H3;7H,3-6H2,1-2H3,(H,9,10);2-5H2,1H3,(H,7,8);1H4. The molecule has 0 rings (SSSR count). The van der Waals surface area contributed by atoms with Gasteiger partial charge in [0.25, 0.3) is 0 Å². The Morgan fingerprint density at radius 1 is 0.364 bits per heavy atom. The quantitative estimate of drug-likeness (QED) is 0.0650. The summed E-state index contributed by atoms with van der Waals surface area (Å²) in [5, 5.41) is 16.7. The molecule has 2 N–H and O–H groups in total. The molecule has 4 nitrogen and oxygen atoms in total. The topological polar surface area (TPSA) is 74.6 Å². The van der Waals surface area contributed by atoms with Crippen LogP contribution in [0, 0.1) is 23.7 Å². The van der Waals surface area contributed by atoms with Gasteiger partial charge in [0.1, 0.15) is 0 Å². The molecule has 0 saturated carbocycles. The molecule has 0 bridgehead atoms. The van der Waals surface area contributed by atoms with Gasteiger partial charge in [-0.1, -0.05) is 270 Å². The fourth-order valence-electron chi connectivity index (χ4n) is 6.89. The van der Waals surface area contributed by atoms with E-state index in [1.807, 2.05) is 6.92 Å². The molecule has 0 aliphatic carbocycles. The van der Waals surface area contributed by atoms with Gasteiger partial charge >= 0.3 is 11.9 Å². The Morgan fingerprint density at radius 2 is 0.691 bits per heavy atom. The van der Waals surface area contributed by atoms with Crippen LogP contribution in [-0.4, -0.2) is 22.2 Å². The Balaban J connectivity index is -0.000000137. The monoisotopic (exact) mass is 787 g/mol. The van der Waals surface area contributed by atoms with E-state index in [1.165, 1.54) is 154 Å². The third-order valence-corrected chi connectivity index (χ3v) is 11.0.